The van der Waals surface area contributed by atoms with Crippen LogP contribution in [0.25, 0.3) is 0 Å². The molecule has 0 radical (unpaired) electrons. The minimum absolute atomic E-state index is 0.161. The van der Waals surface area contributed by atoms with Gasteiger partial charge >= 0.3 is 18.2 Å². The van der Waals surface area contributed by atoms with Gasteiger partial charge in [0.15, 0.2) is 11.5 Å². The average Bonchev–Trinajstić information content (AvgIpc) is 2.90. The number of hydrogen-bond donors (Lipinski definition) is 6. The maximum absolute atomic E-state index is 12.7. The van der Waals surface area contributed by atoms with E-state index in [2.05, 4.69) is 53.1 Å². The van der Waals surface area contributed by atoms with E-state index < -0.39 is 29.6 Å². The zero-order valence-corrected chi connectivity index (χ0v) is 24.5. The highest BCUT2D eigenvalue weighted by atomic mass is 79.9. The first-order valence-electron chi connectivity index (χ1n) is 11.4. The van der Waals surface area contributed by atoms with E-state index in [9.17, 15) is 33.0 Å². The van der Waals surface area contributed by atoms with Gasteiger partial charge in [-0.15, -0.1) is 0 Å². The molecule has 0 bridgehead atoms. The molecule has 0 aliphatic rings. The normalized spacial score (nSPS) is 10.6. The quantitative estimate of drug-likeness (QED) is 0.118. The highest BCUT2D eigenvalue weighted by Gasteiger charge is 2.34. The summed E-state index contributed by atoms with van der Waals surface area (Å²) in [6, 6.07) is 20.4. The van der Waals surface area contributed by atoms with E-state index in [0.29, 0.717) is 15.8 Å². The fraction of sp³-hybridized carbons (Fsp3) is 0.0370. The summed E-state index contributed by atoms with van der Waals surface area (Å²) in [6.45, 7) is 0. The number of anilines is 4. The number of phenols is 2. The van der Waals surface area contributed by atoms with Gasteiger partial charge in [0.05, 0.1) is 33.3 Å². The summed E-state index contributed by atoms with van der Waals surface area (Å²) in [4.78, 5) is 23.6. The predicted molar refractivity (Wildman–Crippen MR) is 160 cm³/mol. The highest BCUT2D eigenvalue weighted by molar-refractivity contribution is 9.11. The van der Waals surface area contributed by atoms with E-state index in [4.69, 9.17) is 11.6 Å². The lowest BCUT2D eigenvalue weighted by Gasteiger charge is -2.14. The summed E-state index contributed by atoms with van der Waals surface area (Å²) >= 11 is 12.3. The van der Waals surface area contributed by atoms with Crippen LogP contribution in [-0.2, 0) is 6.18 Å². The fourth-order valence-electron chi connectivity index (χ4n) is 3.17. The van der Waals surface area contributed by atoms with Gasteiger partial charge in [0.1, 0.15) is 0 Å². The number of hydrogen-bond acceptors (Lipinski definition) is 4. The van der Waals surface area contributed by atoms with Crippen LogP contribution >= 0.6 is 43.5 Å². The molecule has 4 aromatic rings. The summed E-state index contributed by atoms with van der Waals surface area (Å²) in [5, 5.41) is 29.3. The first-order chi connectivity index (χ1) is 19.4. The Morgan fingerprint density at radius 1 is 0.610 bits per heavy atom. The molecule has 41 heavy (non-hydrogen) atoms. The third kappa shape index (κ3) is 9.03. The lowest BCUT2D eigenvalue weighted by Crippen LogP contribution is -2.20. The molecule has 0 aliphatic carbocycles. The number of benzene rings is 4. The molecule has 4 aromatic carbocycles. The maximum Gasteiger partial charge on any atom is 0.420 e. The fourth-order valence-corrected chi connectivity index (χ4v) is 4.11. The smallest absolute Gasteiger partial charge is 0.420 e. The van der Waals surface area contributed by atoms with Crippen molar-refractivity contribution in [2.24, 2.45) is 0 Å². The second-order valence-corrected chi connectivity index (χ2v) is 10.1. The molecule has 0 aromatic heterocycles. The Labute approximate surface area is 253 Å². The van der Waals surface area contributed by atoms with E-state index >= 15 is 0 Å². The third-order valence-electron chi connectivity index (χ3n) is 5.07. The van der Waals surface area contributed by atoms with Crippen molar-refractivity contribution >= 4 is 78.3 Å². The largest absolute Gasteiger partial charge is 0.505 e. The van der Waals surface area contributed by atoms with Gasteiger partial charge in [-0.2, -0.15) is 13.2 Å². The number of urea groups is 2. The number of amides is 4. The molecule has 0 saturated heterocycles. The van der Waals surface area contributed by atoms with Gasteiger partial charge in [0.2, 0.25) is 0 Å². The number of alkyl halides is 3. The maximum atomic E-state index is 12.7. The van der Waals surface area contributed by atoms with Gasteiger partial charge in [-0.1, -0.05) is 48.0 Å². The molecule has 6 N–H and O–H groups in total. The average molecular weight is 717 g/mol. The van der Waals surface area contributed by atoms with Crippen LogP contribution in [0.4, 0.5) is 45.5 Å². The van der Waals surface area contributed by atoms with Crippen LogP contribution in [0.3, 0.4) is 0 Å². The van der Waals surface area contributed by atoms with Crippen molar-refractivity contribution in [1.29, 1.82) is 0 Å². The Kier molecular flexibility index (Phi) is 10.9. The zero-order valence-electron chi connectivity index (χ0n) is 20.6. The molecule has 8 nitrogen and oxygen atoms in total. The van der Waals surface area contributed by atoms with Crippen LogP contribution in [0.5, 0.6) is 11.5 Å². The van der Waals surface area contributed by atoms with Crippen LogP contribution in [-0.4, -0.2) is 22.3 Å². The van der Waals surface area contributed by atoms with Gasteiger partial charge in [-0.05, 0) is 80.4 Å². The van der Waals surface area contributed by atoms with Gasteiger partial charge in [-0.3, -0.25) is 0 Å². The number of nitrogens with one attached hydrogen (secondary N) is 4. The van der Waals surface area contributed by atoms with Crippen LogP contribution in [0.2, 0.25) is 5.02 Å². The van der Waals surface area contributed by atoms with E-state index in [-0.39, 0.29) is 22.1 Å². The third-order valence-corrected chi connectivity index (χ3v) is 6.76. The second kappa shape index (κ2) is 14.1. The zero-order chi connectivity index (χ0) is 30.2. The Morgan fingerprint density at radius 2 is 1.00 bits per heavy atom. The molecular formula is C27H20Br2ClF3N4O4. The number of halogens is 6. The number of aromatic hydroxyl groups is 2. The monoisotopic (exact) mass is 714 g/mol. The summed E-state index contributed by atoms with van der Waals surface area (Å²) in [5.41, 5.74) is -0.240. The van der Waals surface area contributed by atoms with Gasteiger partial charge in [0, 0.05) is 8.95 Å². The molecule has 0 heterocycles. The summed E-state index contributed by atoms with van der Waals surface area (Å²) in [6.07, 6.45) is -4.71. The molecule has 0 saturated carbocycles. The number of phenolic OH excluding ortho intramolecular Hbond substituents is 2. The molecule has 0 spiro atoms. The van der Waals surface area contributed by atoms with Crippen LogP contribution in [0, 0.1) is 0 Å². The first-order valence-corrected chi connectivity index (χ1v) is 13.3. The van der Waals surface area contributed by atoms with Crippen molar-refractivity contribution in [3.8, 4) is 11.5 Å². The molecule has 0 atom stereocenters. The van der Waals surface area contributed by atoms with Gasteiger partial charge < -0.3 is 31.5 Å². The van der Waals surface area contributed by atoms with Crippen molar-refractivity contribution in [3.05, 3.63) is 104 Å². The Balaban J connectivity index is 0.000000228. The van der Waals surface area contributed by atoms with Crippen molar-refractivity contribution in [3.63, 3.8) is 0 Å². The number of carbonyl (C=O) groups is 2. The van der Waals surface area contributed by atoms with Crippen LogP contribution in [0.15, 0.2) is 93.9 Å². The summed E-state index contributed by atoms with van der Waals surface area (Å²) < 4.78 is 39.4. The Bertz CT molecular complexity index is 1560. The molecular weight excluding hydrogens is 697 g/mol. The highest BCUT2D eigenvalue weighted by Crippen LogP contribution is 2.39. The van der Waals surface area contributed by atoms with E-state index in [0.717, 1.165) is 16.6 Å². The van der Waals surface area contributed by atoms with Crippen molar-refractivity contribution in [1.82, 2.24) is 0 Å². The van der Waals surface area contributed by atoms with E-state index in [1.807, 2.05) is 12.1 Å². The molecule has 0 unspecified atom stereocenters. The number of rotatable bonds is 4. The SMILES string of the molecule is O=C(Nc1ccccc1Br)Nc1cccc(C(F)(F)F)c1O.O=C(Nc1ccccc1Br)Nc1cccc(Cl)c1O. The van der Waals surface area contributed by atoms with Crippen molar-refractivity contribution in [2.75, 3.05) is 21.3 Å². The Morgan fingerprint density at radius 3 is 1.46 bits per heavy atom. The van der Waals surface area contributed by atoms with Crippen molar-refractivity contribution in [2.45, 2.75) is 6.18 Å². The van der Waals surface area contributed by atoms with Gasteiger partial charge in [0.25, 0.3) is 0 Å². The van der Waals surface area contributed by atoms with E-state index in [1.54, 1.807) is 48.5 Å². The predicted octanol–water partition coefficient (Wildman–Crippen LogP) is 9.27. The summed E-state index contributed by atoms with van der Waals surface area (Å²) in [7, 11) is 0. The molecule has 4 amide bonds. The topological polar surface area (TPSA) is 123 Å². The lowest BCUT2D eigenvalue weighted by molar-refractivity contribution is -0.138. The van der Waals surface area contributed by atoms with Crippen LogP contribution in [0.1, 0.15) is 5.56 Å². The minimum Gasteiger partial charge on any atom is -0.505 e. The molecule has 4 rings (SSSR count). The molecule has 0 aliphatic heterocycles. The lowest BCUT2D eigenvalue weighted by atomic mass is 10.1. The minimum atomic E-state index is -4.71. The van der Waals surface area contributed by atoms with Crippen molar-refractivity contribution < 1.29 is 33.0 Å². The molecule has 14 heteroatoms. The summed E-state index contributed by atoms with van der Waals surface area (Å²) in [5.74, 6) is -1.19. The second-order valence-electron chi connectivity index (χ2n) is 7.95. The Hall–Kier alpha value is -3.94. The van der Waals surface area contributed by atoms with E-state index in [1.165, 1.54) is 12.1 Å². The number of carbonyl (C=O) groups excluding carboxylic acids is 2. The molecule has 0 fully saturated rings. The standard InChI is InChI=1S/C14H10BrF3N2O2.C13H10BrClN2O2/c15-9-5-1-2-6-10(9)19-13(22)20-11-7-3-4-8(12(11)21)14(16,17)18;14-8-4-1-2-6-10(8)16-13(19)17-11-7-3-5-9(15)12(11)18/h1-7,21H,(H2,19,20,22);1-7,18H,(H2,16,17,19). The van der Waals surface area contributed by atoms with Gasteiger partial charge in [-0.25, -0.2) is 9.59 Å². The van der Waals surface area contributed by atoms with Crippen LogP contribution < -0.4 is 21.3 Å². The number of para-hydroxylation sites is 4. The first kappa shape index (κ1) is 31.6. The molecule has 214 valence electrons.